The molecule has 0 saturated heterocycles. The first-order valence-corrected chi connectivity index (χ1v) is 9.52. The molecule has 4 rings (SSSR count). The molecule has 2 heterocycles. The molecule has 0 fully saturated rings. The molecule has 7 nitrogen and oxygen atoms in total. The number of hydrogen-bond acceptors (Lipinski definition) is 4. The van der Waals surface area contributed by atoms with Crippen LogP contribution in [-0.2, 0) is 6.61 Å². The Labute approximate surface area is 177 Å². The van der Waals surface area contributed by atoms with E-state index in [1.165, 1.54) is 24.3 Å². The second-order valence-electron chi connectivity index (χ2n) is 6.91. The molecule has 0 aliphatic rings. The zero-order chi connectivity index (χ0) is 21.8. The Bertz CT molecular complexity index is 1270. The van der Waals surface area contributed by atoms with E-state index >= 15 is 0 Å². The third-order valence-electron chi connectivity index (χ3n) is 4.54. The topological polar surface area (TPSA) is 84.7 Å². The van der Waals surface area contributed by atoms with E-state index in [0.29, 0.717) is 5.75 Å². The second kappa shape index (κ2) is 8.66. The van der Waals surface area contributed by atoms with Gasteiger partial charge in [0.2, 0.25) is 0 Å². The standard InChI is InChI=1S/C23H19FN4O3/c1-15-9-10-21-25-17(13-28(21)12-15)14-31-18-6-4-5-16(11-18)22(29)26-27-23(30)19-7-2-3-8-20(19)24/h2-13H,14H2,1H3,(H,26,29)(H,27,30). The van der Waals surface area contributed by atoms with Crippen LogP contribution in [0.5, 0.6) is 5.75 Å². The summed E-state index contributed by atoms with van der Waals surface area (Å²) in [7, 11) is 0. The van der Waals surface area contributed by atoms with Crippen molar-refractivity contribution in [1.82, 2.24) is 20.2 Å². The summed E-state index contributed by atoms with van der Waals surface area (Å²) < 4.78 is 21.3. The number of halogens is 1. The molecule has 2 aromatic heterocycles. The number of nitrogens with one attached hydrogen (secondary N) is 2. The van der Waals surface area contributed by atoms with Gasteiger partial charge >= 0.3 is 0 Å². The largest absolute Gasteiger partial charge is 0.487 e. The van der Waals surface area contributed by atoms with E-state index in [4.69, 9.17) is 4.74 Å². The molecule has 2 N–H and O–H groups in total. The number of ether oxygens (including phenoxy) is 1. The van der Waals surface area contributed by atoms with Gasteiger partial charge in [0.1, 0.15) is 23.8 Å². The number of hydrogen-bond donors (Lipinski definition) is 2. The van der Waals surface area contributed by atoms with E-state index in [-0.39, 0.29) is 17.7 Å². The number of benzene rings is 2. The predicted octanol–water partition coefficient (Wildman–Crippen LogP) is 3.44. The minimum Gasteiger partial charge on any atom is -0.487 e. The van der Waals surface area contributed by atoms with Gasteiger partial charge < -0.3 is 9.14 Å². The summed E-state index contributed by atoms with van der Waals surface area (Å²) in [5, 5.41) is 0. The van der Waals surface area contributed by atoms with Gasteiger partial charge in [-0.3, -0.25) is 20.4 Å². The lowest BCUT2D eigenvalue weighted by atomic mass is 10.2. The fourth-order valence-corrected chi connectivity index (χ4v) is 3.01. The number of aromatic nitrogens is 2. The first-order chi connectivity index (χ1) is 15.0. The number of amides is 2. The van der Waals surface area contributed by atoms with Gasteiger partial charge in [0.15, 0.2) is 0 Å². The van der Waals surface area contributed by atoms with Gasteiger partial charge in [0.05, 0.1) is 11.3 Å². The van der Waals surface area contributed by atoms with E-state index in [9.17, 15) is 14.0 Å². The maximum absolute atomic E-state index is 13.7. The highest BCUT2D eigenvalue weighted by Gasteiger charge is 2.13. The van der Waals surface area contributed by atoms with Crippen LogP contribution in [0, 0.1) is 12.7 Å². The molecule has 31 heavy (non-hydrogen) atoms. The molecule has 4 aromatic rings. The van der Waals surface area contributed by atoms with Crippen LogP contribution in [0.4, 0.5) is 4.39 Å². The van der Waals surface area contributed by atoms with Crippen LogP contribution in [0.3, 0.4) is 0 Å². The zero-order valence-corrected chi connectivity index (χ0v) is 16.6. The van der Waals surface area contributed by atoms with Crippen molar-refractivity contribution in [3.05, 3.63) is 101 Å². The van der Waals surface area contributed by atoms with Gasteiger partial charge in [-0.15, -0.1) is 0 Å². The number of rotatable bonds is 5. The average molecular weight is 418 g/mol. The van der Waals surface area contributed by atoms with Crippen LogP contribution in [-0.4, -0.2) is 21.2 Å². The Kier molecular flexibility index (Phi) is 5.61. The third kappa shape index (κ3) is 4.69. The number of imidazole rings is 1. The quantitative estimate of drug-likeness (QED) is 0.487. The lowest BCUT2D eigenvalue weighted by molar-refractivity contribution is 0.0844. The molecule has 0 spiro atoms. The number of carbonyl (C=O) groups excluding carboxylic acids is 2. The molecule has 2 aromatic carbocycles. The molecule has 0 radical (unpaired) electrons. The van der Waals surface area contributed by atoms with Crippen molar-refractivity contribution < 1.29 is 18.7 Å². The van der Waals surface area contributed by atoms with Crippen LogP contribution in [0.15, 0.2) is 73.1 Å². The van der Waals surface area contributed by atoms with Gasteiger partial charge in [-0.1, -0.05) is 24.3 Å². The molecule has 0 aliphatic heterocycles. The number of hydrazine groups is 1. The zero-order valence-electron chi connectivity index (χ0n) is 16.6. The summed E-state index contributed by atoms with van der Waals surface area (Å²) in [6.07, 6.45) is 3.86. The fourth-order valence-electron chi connectivity index (χ4n) is 3.01. The van der Waals surface area contributed by atoms with Crippen molar-refractivity contribution in [2.75, 3.05) is 0 Å². The molecule has 156 valence electrons. The van der Waals surface area contributed by atoms with E-state index in [1.807, 2.05) is 35.9 Å². The molecule has 0 aliphatic carbocycles. The van der Waals surface area contributed by atoms with Crippen molar-refractivity contribution in [2.24, 2.45) is 0 Å². The van der Waals surface area contributed by atoms with Crippen LogP contribution in [0.1, 0.15) is 32.0 Å². The van der Waals surface area contributed by atoms with Crippen molar-refractivity contribution in [1.29, 1.82) is 0 Å². The van der Waals surface area contributed by atoms with E-state index in [1.54, 1.807) is 24.3 Å². The highest BCUT2D eigenvalue weighted by molar-refractivity contribution is 5.99. The van der Waals surface area contributed by atoms with E-state index in [0.717, 1.165) is 16.9 Å². The van der Waals surface area contributed by atoms with Gasteiger partial charge in [-0.2, -0.15) is 0 Å². The van der Waals surface area contributed by atoms with E-state index < -0.39 is 17.6 Å². The number of pyridine rings is 1. The van der Waals surface area contributed by atoms with Crippen molar-refractivity contribution in [2.45, 2.75) is 13.5 Å². The highest BCUT2D eigenvalue weighted by Crippen LogP contribution is 2.16. The number of fused-ring (bicyclic) bond motifs is 1. The Hall–Kier alpha value is -4.20. The maximum atomic E-state index is 13.7. The highest BCUT2D eigenvalue weighted by atomic mass is 19.1. The predicted molar refractivity (Wildman–Crippen MR) is 112 cm³/mol. The fraction of sp³-hybridized carbons (Fsp3) is 0.0870. The van der Waals surface area contributed by atoms with Crippen LogP contribution >= 0.6 is 0 Å². The summed E-state index contributed by atoms with van der Waals surface area (Å²) >= 11 is 0. The Morgan fingerprint density at radius 2 is 1.81 bits per heavy atom. The van der Waals surface area contributed by atoms with E-state index in [2.05, 4.69) is 15.8 Å². The molecule has 0 saturated carbocycles. The first kappa shape index (κ1) is 20.1. The minimum absolute atomic E-state index is 0.164. The summed E-state index contributed by atoms with van der Waals surface area (Å²) in [6, 6.07) is 15.9. The van der Waals surface area contributed by atoms with Crippen LogP contribution in [0.25, 0.3) is 5.65 Å². The third-order valence-corrected chi connectivity index (χ3v) is 4.54. The van der Waals surface area contributed by atoms with Gasteiger partial charge in [0, 0.05) is 18.0 Å². The van der Waals surface area contributed by atoms with Crippen LogP contribution < -0.4 is 15.6 Å². The van der Waals surface area contributed by atoms with Crippen molar-refractivity contribution in [3.8, 4) is 5.75 Å². The second-order valence-corrected chi connectivity index (χ2v) is 6.91. The Morgan fingerprint density at radius 3 is 2.65 bits per heavy atom. The van der Waals surface area contributed by atoms with Gasteiger partial charge in [-0.25, -0.2) is 9.37 Å². The summed E-state index contributed by atoms with van der Waals surface area (Å²) in [4.78, 5) is 28.9. The molecule has 0 atom stereocenters. The molecule has 0 unspecified atom stereocenters. The van der Waals surface area contributed by atoms with Gasteiger partial charge in [-0.05, 0) is 48.9 Å². The van der Waals surface area contributed by atoms with Crippen LogP contribution in [0.2, 0.25) is 0 Å². The summed E-state index contributed by atoms with van der Waals surface area (Å²) in [5.41, 5.74) is 7.28. The lowest BCUT2D eigenvalue weighted by Gasteiger charge is -2.09. The molecule has 0 bridgehead atoms. The smallest absolute Gasteiger partial charge is 0.272 e. The number of nitrogens with zero attached hydrogens (tertiary/aromatic N) is 2. The van der Waals surface area contributed by atoms with Gasteiger partial charge in [0.25, 0.3) is 11.8 Å². The Balaban J connectivity index is 1.37. The average Bonchev–Trinajstić information content (AvgIpc) is 3.18. The van der Waals surface area contributed by atoms with Crippen molar-refractivity contribution >= 4 is 17.5 Å². The molecule has 8 heteroatoms. The summed E-state index contributed by atoms with van der Waals surface area (Å²) in [6.45, 7) is 2.24. The molecular weight excluding hydrogens is 399 g/mol. The summed E-state index contributed by atoms with van der Waals surface area (Å²) in [5.74, 6) is -1.51. The van der Waals surface area contributed by atoms with Crippen molar-refractivity contribution in [3.63, 3.8) is 0 Å². The Morgan fingerprint density at radius 1 is 1.00 bits per heavy atom. The minimum atomic E-state index is -0.749. The first-order valence-electron chi connectivity index (χ1n) is 9.52. The SMILES string of the molecule is Cc1ccc2nc(COc3cccc(C(=O)NNC(=O)c4ccccc4F)c3)cn2c1. The maximum Gasteiger partial charge on any atom is 0.272 e. The monoisotopic (exact) mass is 418 g/mol. The molecular formula is C23H19FN4O3. The normalized spacial score (nSPS) is 10.6. The number of carbonyl (C=O) groups is 2. The number of aryl methyl sites for hydroxylation is 1. The lowest BCUT2D eigenvalue weighted by Crippen LogP contribution is -2.41. The molecule has 2 amide bonds.